The first kappa shape index (κ1) is 14.0. The summed E-state index contributed by atoms with van der Waals surface area (Å²) in [7, 11) is 1.69. The second kappa shape index (κ2) is 5.08. The number of hydrogen-bond acceptors (Lipinski definition) is 2. The van der Waals surface area contributed by atoms with Gasteiger partial charge in [0.15, 0.2) is 0 Å². The van der Waals surface area contributed by atoms with Crippen LogP contribution in [-0.2, 0) is 5.54 Å². The Kier molecular flexibility index (Phi) is 4.20. The predicted molar refractivity (Wildman–Crippen MR) is 75.7 cm³/mol. The minimum Gasteiger partial charge on any atom is -0.330 e. The third-order valence-electron chi connectivity index (χ3n) is 2.25. The van der Waals surface area contributed by atoms with Crippen LogP contribution in [0.2, 0.25) is 0 Å². The SMILES string of the molecule is C#CCN(C)C(=O)c1cnn(C(C)(C)C)c1I. The zero-order valence-corrected chi connectivity index (χ0v) is 12.6. The number of halogens is 1. The molecular weight excluding hydrogens is 329 g/mol. The van der Waals surface area contributed by atoms with Crippen molar-refractivity contribution in [1.82, 2.24) is 14.7 Å². The van der Waals surface area contributed by atoms with Crippen molar-refractivity contribution in [2.24, 2.45) is 0 Å². The topological polar surface area (TPSA) is 38.1 Å². The van der Waals surface area contributed by atoms with Gasteiger partial charge in [-0.25, -0.2) is 0 Å². The molecule has 0 aliphatic heterocycles. The fourth-order valence-electron chi connectivity index (χ4n) is 1.36. The molecule has 5 heteroatoms. The van der Waals surface area contributed by atoms with Gasteiger partial charge in [0.2, 0.25) is 0 Å². The Morgan fingerprint density at radius 3 is 2.65 bits per heavy atom. The maximum atomic E-state index is 12.1. The average Bonchev–Trinajstić information content (AvgIpc) is 2.58. The molecule has 0 aromatic carbocycles. The summed E-state index contributed by atoms with van der Waals surface area (Å²) in [6.45, 7) is 6.43. The number of hydrogen-bond donors (Lipinski definition) is 0. The Balaban J connectivity index is 3.07. The first-order valence-corrected chi connectivity index (χ1v) is 6.30. The molecule has 1 aromatic rings. The molecule has 0 N–H and O–H groups in total. The van der Waals surface area contributed by atoms with E-state index in [1.165, 1.54) is 4.90 Å². The van der Waals surface area contributed by atoms with Crippen molar-refractivity contribution >= 4 is 28.5 Å². The molecule has 0 atom stereocenters. The van der Waals surface area contributed by atoms with Crippen LogP contribution in [0.15, 0.2) is 6.20 Å². The number of rotatable bonds is 2. The molecule has 1 amide bonds. The number of terminal acetylenes is 1. The van der Waals surface area contributed by atoms with E-state index in [0.29, 0.717) is 12.1 Å². The number of aromatic nitrogens is 2. The van der Waals surface area contributed by atoms with Crippen LogP contribution in [0, 0.1) is 16.0 Å². The van der Waals surface area contributed by atoms with Gasteiger partial charge >= 0.3 is 0 Å². The Morgan fingerprint density at radius 1 is 1.65 bits per heavy atom. The summed E-state index contributed by atoms with van der Waals surface area (Å²) in [4.78, 5) is 13.6. The fourth-order valence-corrected chi connectivity index (χ4v) is 2.58. The van der Waals surface area contributed by atoms with Crippen molar-refractivity contribution in [1.29, 1.82) is 0 Å². The van der Waals surface area contributed by atoms with Crippen LogP contribution in [0.3, 0.4) is 0 Å². The molecule has 0 radical (unpaired) electrons. The van der Waals surface area contributed by atoms with E-state index in [1.807, 2.05) is 25.5 Å². The van der Waals surface area contributed by atoms with Crippen LogP contribution in [0.4, 0.5) is 0 Å². The smallest absolute Gasteiger partial charge is 0.258 e. The minimum atomic E-state index is -0.139. The van der Waals surface area contributed by atoms with Crippen LogP contribution < -0.4 is 0 Å². The van der Waals surface area contributed by atoms with E-state index in [0.717, 1.165) is 3.70 Å². The summed E-state index contributed by atoms with van der Waals surface area (Å²) in [6, 6.07) is 0. The summed E-state index contributed by atoms with van der Waals surface area (Å²) in [6.07, 6.45) is 6.79. The first-order chi connectivity index (χ1) is 7.79. The molecule has 0 bridgehead atoms. The maximum Gasteiger partial charge on any atom is 0.258 e. The summed E-state index contributed by atoms with van der Waals surface area (Å²) in [5, 5.41) is 4.26. The van der Waals surface area contributed by atoms with Gasteiger partial charge in [-0.1, -0.05) is 5.92 Å². The molecular formula is C12H16IN3O. The van der Waals surface area contributed by atoms with Crippen LogP contribution in [0.25, 0.3) is 0 Å². The molecule has 0 saturated carbocycles. The van der Waals surface area contributed by atoms with Gasteiger partial charge in [-0.2, -0.15) is 5.10 Å². The number of carbonyl (C=O) groups is 1. The van der Waals surface area contributed by atoms with Gasteiger partial charge in [0.05, 0.1) is 23.8 Å². The van der Waals surface area contributed by atoms with Crippen molar-refractivity contribution in [3.63, 3.8) is 0 Å². The third kappa shape index (κ3) is 3.00. The van der Waals surface area contributed by atoms with Gasteiger partial charge in [-0.15, -0.1) is 6.42 Å². The molecule has 4 nitrogen and oxygen atoms in total. The maximum absolute atomic E-state index is 12.1. The lowest BCUT2D eigenvalue weighted by Crippen LogP contribution is -2.29. The quantitative estimate of drug-likeness (QED) is 0.607. The van der Waals surface area contributed by atoms with Gasteiger partial charge < -0.3 is 4.90 Å². The Hall–Kier alpha value is -1.03. The molecule has 0 aliphatic rings. The van der Waals surface area contributed by atoms with Gasteiger partial charge in [0, 0.05) is 7.05 Å². The van der Waals surface area contributed by atoms with E-state index >= 15 is 0 Å². The Bertz CT molecular complexity index is 465. The molecule has 1 aromatic heterocycles. The largest absolute Gasteiger partial charge is 0.330 e. The van der Waals surface area contributed by atoms with Crippen LogP contribution in [-0.4, -0.2) is 34.2 Å². The number of carbonyl (C=O) groups excluding carboxylic acids is 1. The van der Waals surface area contributed by atoms with Gasteiger partial charge in [-0.3, -0.25) is 9.48 Å². The van der Waals surface area contributed by atoms with Crippen LogP contribution in [0.1, 0.15) is 31.1 Å². The van der Waals surface area contributed by atoms with Crippen molar-refractivity contribution in [2.75, 3.05) is 13.6 Å². The second-order valence-electron chi connectivity index (χ2n) is 4.80. The van der Waals surface area contributed by atoms with Crippen LogP contribution >= 0.6 is 22.6 Å². The van der Waals surface area contributed by atoms with E-state index in [-0.39, 0.29) is 11.4 Å². The molecule has 0 aliphatic carbocycles. The standard InChI is InChI=1S/C12H16IN3O/c1-6-7-15(5)11(17)9-8-14-16(10(9)13)12(2,3)4/h1,8H,7H2,2-5H3. The number of amides is 1. The van der Waals surface area contributed by atoms with Crippen LogP contribution in [0.5, 0.6) is 0 Å². The summed E-state index contributed by atoms with van der Waals surface area (Å²) < 4.78 is 2.67. The number of nitrogens with zero attached hydrogens (tertiary/aromatic N) is 3. The lowest BCUT2D eigenvalue weighted by atomic mass is 10.1. The third-order valence-corrected chi connectivity index (χ3v) is 3.29. The Labute approximate surface area is 116 Å². The highest BCUT2D eigenvalue weighted by Crippen LogP contribution is 2.21. The highest BCUT2D eigenvalue weighted by Gasteiger charge is 2.23. The van der Waals surface area contributed by atoms with Crippen molar-refractivity contribution in [2.45, 2.75) is 26.3 Å². The monoisotopic (exact) mass is 345 g/mol. The minimum absolute atomic E-state index is 0.0946. The molecule has 1 rings (SSSR count). The molecule has 17 heavy (non-hydrogen) atoms. The average molecular weight is 345 g/mol. The van der Waals surface area contributed by atoms with E-state index in [4.69, 9.17) is 6.42 Å². The summed E-state index contributed by atoms with van der Waals surface area (Å²) in [5.41, 5.74) is 0.456. The zero-order valence-electron chi connectivity index (χ0n) is 10.5. The molecule has 0 fully saturated rings. The van der Waals surface area contributed by atoms with Gasteiger partial charge in [0.1, 0.15) is 3.70 Å². The van der Waals surface area contributed by atoms with E-state index < -0.39 is 0 Å². The molecule has 0 saturated heterocycles. The predicted octanol–water partition coefficient (Wildman–Crippen LogP) is 1.95. The highest BCUT2D eigenvalue weighted by molar-refractivity contribution is 14.1. The fraction of sp³-hybridized carbons (Fsp3) is 0.500. The Morgan fingerprint density at radius 2 is 2.24 bits per heavy atom. The lowest BCUT2D eigenvalue weighted by Gasteiger charge is -2.21. The summed E-state index contributed by atoms with van der Waals surface area (Å²) >= 11 is 2.14. The highest BCUT2D eigenvalue weighted by atomic mass is 127. The second-order valence-corrected chi connectivity index (χ2v) is 5.82. The molecule has 0 spiro atoms. The van der Waals surface area contributed by atoms with Crippen molar-refractivity contribution in [3.05, 3.63) is 15.5 Å². The lowest BCUT2D eigenvalue weighted by molar-refractivity contribution is 0.0811. The van der Waals surface area contributed by atoms with Gasteiger partial charge in [0.25, 0.3) is 5.91 Å². The van der Waals surface area contributed by atoms with Gasteiger partial charge in [-0.05, 0) is 43.4 Å². The van der Waals surface area contributed by atoms with Crippen molar-refractivity contribution < 1.29 is 4.79 Å². The normalized spacial score (nSPS) is 11.1. The van der Waals surface area contributed by atoms with E-state index in [9.17, 15) is 4.79 Å². The van der Waals surface area contributed by atoms with E-state index in [2.05, 4.69) is 33.6 Å². The zero-order chi connectivity index (χ0) is 13.2. The molecule has 0 unspecified atom stereocenters. The molecule has 1 heterocycles. The van der Waals surface area contributed by atoms with Crippen molar-refractivity contribution in [3.8, 4) is 12.3 Å². The summed E-state index contributed by atoms with van der Waals surface area (Å²) in [5.74, 6) is 2.36. The van der Waals surface area contributed by atoms with E-state index in [1.54, 1.807) is 13.2 Å². The first-order valence-electron chi connectivity index (χ1n) is 5.22. The molecule has 92 valence electrons.